The van der Waals surface area contributed by atoms with Gasteiger partial charge in [-0.2, -0.15) is 0 Å². The molecule has 1 aromatic rings. The number of nitrogens with zero attached hydrogens (tertiary/aromatic N) is 1. The van der Waals surface area contributed by atoms with Crippen molar-refractivity contribution in [2.24, 2.45) is 10.9 Å². The normalized spacial score (nSPS) is 11.8. The van der Waals surface area contributed by atoms with Crippen LogP contribution in [0.4, 0.5) is 4.39 Å². The molecule has 0 amide bonds. The second-order valence-electron chi connectivity index (χ2n) is 5.17. The van der Waals surface area contributed by atoms with E-state index in [1.807, 2.05) is 0 Å². The summed E-state index contributed by atoms with van der Waals surface area (Å²) in [5.41, 5.74) is 0.755. The smallest absolute Gasteiger partial charge is 0.191 e. The number of phenols is 1. The van der Waals surface area contributed by atoms with E-state index in [4.69, 9.17) is 5.11 Å². The van der Waals surface area contributed by atoms with Gasteiger partial charge in [-0.05, 0) is 36.5 Å². The summed E-state index contributed by atoms with van der Waals surface area (Å²) >= 11 is 0. The third-order valence-corrected chi connectivity index (χ3v) is 2.95. The highest BCUT2D eigenvalue weighted by Gasteiger charge is 2.03. The summed E-state index contributed by atoms with van der Waals surface area (Å²) in [5.74, 6) is 0.461. The van der Waals surface area contributed by atoms with E-state index in [2.05, 4.69) is 29.5 Å². The van der Waals surface area contributed by atoms with Gasteiger partial charge in [0.15, 0.2) is 17.5 Å². The zero-order valence-corrected chi connectivity index (χ0v) is 12.4. The van der Waals surface area contributed by atoms with Crippen molar-refractivity contribution in [3.8, 4) is 5.75 Å². The number of hydrogen-bond acceptors (Lipinski definition) is 2. The number of nitrogens with one attached hydrogen (secondary N) is 2. The highest BCUT2D eigenvalue weighted by Crippen LogP contribution is 2.15. The monoisotopic (exact) mass is 281 g/mol. The van der Waals surface area contributed by atoms with Crippen LogP contribution in [0.15, 0.2) is 23.2 Å². The van der Waals surface area contributed by atoms with Crippen LogP contribution in [0.2, 0.25) is 0 Å². The van der Waals surface area contributed by atoms with Gasteiger partial charge in [0.2, 0.25) is 0 Å². The summed E-state index contributed by atoms with van der Waals surface area (Å²) in [6.45, 7) is 5.72. The first-order valence-corrected chi connectivity index (χ1v) is 6.95. The Hall–Kier alpha value is -1.78. The Kier molecular flexibility index (Phi) is 6.84. The van der Waals surface area contributed by atoms with Crippen molar-refractivity contribution in [2.75, 3.05) is 13.6 Å². The molecule has 4 nitrogen and oxygen atoms in total. The zero-order chi connectivity index (χ0) is 15.0. The van der Waals surface area contributed by atoms with E-state index >= 15 is 0 Å². The predicted molar refractivity (Wildman–Crippen MR) is 80.3 cm³/mol. The van der Waals surface area contributed by atoms with Crippen LogP contribution in [0.5, 0.6) is 5.75 Å². The average molecular weight is 281 g/mol. The minimum absolute atomic E-state index is 0.329. The number of rotatable bonds is 6. The molecule has 0 aliphatic rings. The van der Waals surface area contributed by atoms with Crippen molar-refractivity contribution in [3.63, 3.8) is 0 Å². The largest absolute Gasteiger partial charge is 0.505 e. The lowest BCUT2D eigenvalue weighted by Gasteiger charge is -2.12. The van der Waals surface area contributed by atoms with E-state index in [1.165, 1.54) is 18.6 Å². The SMILES string of the molecule is CN=C(NCCCC(C)C)NCc1ccc(O)c(F)c1. The summed E-state index contributed by atoms with van der Waals surface area (Å²) in [5, 5.41) is 15.5. The second kappa shape index (κ2) is 8.40. The van der Waals surface area contributed by atoms with Crippen LogP contribution < -0.4 is 10.6 Å². The molecule has 1 rings (SSSR count). The fraction of sp³-hybridized carbons (Fsp3) is 0.533. The molecule has 0 spiro atoms. The Labute approximate surface area is 120 Å². The van der Waals surface area contributed by atoms with Crippen molar-refractivity contribution >= 4 is 5.96 Å². The third-order valence-electron chi connectivity index (χ3n) is 2.95. The first-order valence-electron chi connectivity index (χ1n) is 6.95. The molecule has 0 aliphatic carbocycles. The number of guanidine groups is 1. The van der Waals surface area contributed by atoms with Crippen molar-refractivity contribution < 1.29 is 9.50 Å². The van der Waals surface area contributed by atoms with Gasteiger partial charge in [0.05, 0.1) is 0 Å². The Morgan fingerprint density at radius 1 is 1.35 bits per heavy atom. The molecular weight excluding hydrogens is 257 g/mol. The number of hydrogen-bond donors (Lipinski definition) is 3. The first kappa shape index (κ1) is 16.3. The van der Waals surface area contributed by atoms with Gasteiger partial charge in [-0.25, -0.2) is 4.39 Å². The molecular formula is C15H24FN3O. The van der Waals surface area contributed by atoms with Gasteiger partial charge in [0.1, 0.15) is 0 Å². The van der Waals surface area contributed by atoms with Gasteiger partial charge in [-0.15, -0.1) is 0 Å². The molecule has 0 saturated heterocycles. The zero-order valence-electron chi connectivity index (χ0n) is 12.4. The van der Waals surface area contributed by atoms with E-state index in [0.29, 0.717) is 18.4 Å². The maximum atomic E-state index is 13.2. The fourth-order valence-corrected chi connectivity index (χ4v) is 1.78. The Morgan fingerprint density at radius 2 is 2.10 bits per heavy atom. The van der Waals surface area contributed by atoms with E-state index in [-0.39, 0.29) is 5.75 Å². The molecule has 0 aliphatic heterocycles. The molecule has 1 aromatic carbocycles. The van der Waals surface area contributed by atoms with Crippen molar-refractivity contribution in [3.05, 3.63) is 29.6 Å². The quantitative estimate of drug-likeness (QED) is 0.427. The molecule has 0 heterocycles. The standard InChI is InChI=1S/C15H24FN3O/c1-11(2)5-4-8-18-15(17-3)19-10-12-6-7-14(20)13(16)9-12/h6-7,9,11,20H,4-5,8,10H2,1-3H3,(H2,17,18,19). The highest BCUT2D eigenvalue weighted by molar-refractivity contribution is 5.79. The van der Waals surface area contributed by atoms with E-state index < -0.39 is 5.82 Å². The third kappa shape index (κ3) is 5.91. The molecule has 112 valence electrons. The summed E-state index contributed by atoms with van der Waals surface area (Å²) in [7, 11) is 1.70. The Morgan fingerprint density at radius 3 is 2.70 bits per heavy atom. The summed E-state index contributed by atoms with van der Waals surface area (Å²) in [6.07, 6.45) is 2.26. The van der Waals surface area contributed by atoms with Gasteiger partial charge < -0.3 is 15.7 Å². The highest BCUT2D eigenvalue weighted by atomic mass is 19.1. The lowest BCUT2D eigenvalue weighted by Crippen LogP contribution is -2.37. The number of halogens is 1. The number of phenolic OH excluding ortho intramolecular Hbond substituents is 1. The van der Waals surface area contributed by atoms with Gasteiger partial charge in [-0.1, -0.05) is 19.9 Å². The molecule has 0 unspecified atom stereocenters. The molecule has 0 radical (unpaired) electrons. The lowest BCUT2D eigenvalue weighted by molar-refractivity contribution is 0.431. The van der Waals surface area contributed by atoms with E-state index in [9.17, 15) is 4.39 Å². The molecule has 0 saturated carbocycles. The van der Waals surface area contributed by atoms with Gasteiger partial charge in [0.25, 0.3) is 0 Å². The van der Waals surface area contributed by atoms with Crippen LogP contribution in [0, 0.1) is 11.7 Å². The van der Waals surface area contributed by atoms with Crippen LogP contribution in [0.25, 0.3) is 0 Å². The minimum Gasteiger partial charge on any atom is -0.505 e. The van der Waals surface area contributed by atoms with Crippen LogP contribution >= 0.6 is 0 Å². The second-order valence-corrected chi connectivity index (χ2v) is 5.17. The Bertz CT molecular complexity index is 447. The maximum Gasteiger partial charge on any atom is 0.191 e. The minimum atomic E-state index is -0.607. The first-order chi connectivity index (χ1) is 9.52. The van der Waals surface area contributed by atoms with Crippen LogP contribution in [-0.2, 0) is 6.54 Å². The van der Waals surface area contributed by atoms with Crippen LogP contribution in [-0.4, -0.2) is 24.7 Å². The van der Waals surface area contributed by atoms with Gasteiger partial charge in [-0.3, -0.25) is 4.99 Å². The number of aliphatic imine (C=N–C) groups is 1. The molecule has 5 heteroatoms. The molecule has 0 atom stereocenters. The molecule has 0 bridgehead atoms. The molecule has 0 fully saturated rings. The summed E-state index contributed by atoms with van der Waals surface area (Å²) in [6, 6.07) is 4.34. The molecule has 0 aromatic heterocycles. The fourth-order valence-electron chi connectivity index (χ4n) is 1.78. The Balaban J connectivity index is 2.36. The summed E-state index contributed by atoms with van der Waals surface area (Å²) in [4.78, 5) is 4.11. The van der Waals surface area contributed by atoms with Crippen LogP contribution in [0.1, 0.15) is 32.3 Å². The number of benzene rings is 1. The van der Waals surface area contributed by atoms with Gasteiger partial charge >= 0.3 is 0 Å². The lowest BCUT2D eigenvalue weighted by atomic mass is 10.1. The molecule has 20 heavy (non-hydrogen) atoms. The average Bonchev–Trinajstić information content (AvgIpc) is 2.41. The van der Waals surface area contributed by atoms with Crippen molar-refractivity contribution in [1.82, 2.24) is 10.6 Å². The van der Waals surface area contributed by atoms with Crippen molar-refractivity contribution in [1.29, 1.82) is 0 Å². The van der Waals surface area contributed by atoms with E-state index in [0.717, 1.165) is 18.5 Å². The number of aromatic hydroxyl groups is 1. The topological polar surface area (TPSA) is 56.7 Å². The van der Waals surface area contributed by atoms with E-state index in [1.54, 1.807) is 13.1 Å². The molecule has 3 N–H and O–H groups in total. The maximum absolute atomic E-state index is 13.2. The summed E-state index contributed by atoms with van der Waals surface area (Å²) < 4.78 is 13.2. The predicted octanol–water partition coefficient (Wildman–Crippen LogP) is 2.63. The van der Waals surface area contributed by atoms with Crippen molar-refractivity contribution in [2.45, 2.75) is 33.2 Å². The van der Waals surface area contributed by atoms with Crippen LogP contribution in [0.3, 0.4) is 0 Å². The van der Waals surface area contributed by atoms with Gasteiger partial charge in [0, 0.05) is 20.1 Å².